The van der Waals surface area contributed by atoms with E-state index in [1.54, 1.807) is 7.11 Å². The predicted octanol–water partition coefficient (Wildman–Crippen LogP) is 2.45. The van der Waals surface area contributed by atoms with Gasteiger partial charge in [0.2, 0.25) is 5.91 Å². The summed E-state index contributed by atoms with van der Waals surface area (Å²) in [6, 6.07) is 0. The maximum absolute atomic E-state index is 12.1. The Morgan fingerprint density at radius 2 is 2.20 bits per heavy atom. The highest BCUT2D eigenvalue weighted by molar-refractivity contribution is 14.1. The molecule has 0 aliphatic carbocycles. The summed E-state index contributed by atoms with van der Waals surface area (Å²) < 4.78 is 5.48. The first kappa shape index (κ1) is 14.0. The largest absolute Gasteiger partial charge is 0.380 e. The number of ether oxygens (including phenoxy) is 1. The second-order valence-electron chi connectivity index (χ2n) is 4.11. The molecule has 0 aromatic rings. The van der Waals surface area contributed by atoms with Gasteiger partial charge in [-0.15, -0.1) is 0 Å². The summed E-state index contributed by atoms with van der Waals surface area (Å²) in [4.78, 5) is 14.1. The Hall–Kier alpha value is 0.890. The van der Waals surface area contributed by atoms with Gasteiger partial charge in [-0.3, -0.25) is 4.79 Å². The number of hydrogen-bond donors (Lipinski definition) is 0. The van der Waals surface area contributed by atoms with Crippen LogP contribution < -0.4 is 0 Å². The minimum atomic E-state index is -0.0739. The fourth-order valence-corrected chi connectivity index (χ4v) is 3.71. The smallest absolute Gasteiger partial charge is 0.239 e. The quantitative estimate of drug-likeness (QED) is 0.386. The van der Waals surface area contributed by atoms with Crippen LogP contribution in [0.15, 0.2) is 0 Å². The van der Waals surface area contributed by atoms with Gasteiger partial charge in [0, 0.05) is 13.7 Å². The van der Waals surface area contributed by atoms with Gasteiger partial charge >= 0.3 is 0 Å². The van der Waals surface area contributed by atoms with Crippen molar-refractivity contribution in [3.63, 3.8) is 0 Å². The summed E-state index contributed by atoms with van der Waals surface area (Å²) >= 11 is 4.54. The number of nitrogens with zero attached hydrogens (tertiary/aromatic N) is 1. The molecule has 0 spiro atoms. The summed E-state index contributed by atoms with van der Waals surface area (Å²) in [7, 11) is 1.65. The Morgan fingerprint density at radius 1 is 1.60 bits per heavy atom. The molecule has 0 bridgehead atoms. The van der Waals surface area contributed by atoms with Crippen LogP contribution in [0, 0.1) is 5.92 Å². The lowest BCUT2D eigenvalue weighted by Crippen LogP contribution is -2.42. The van der Waals surface area contributed by atoms with E-state index in [1.807, 2.05) is 11.8 Å². The molecule has 15 heavy (non-hydrogen) atoms. The van der Waals surface area contributed by atoms with Gasteiger partial charge in [0.05, 0.1) is 10.2 Å². The summed E-state index contributed by atoms with van der Waals surface area (Å²) in [5.41, 5.74) is 0. The van der Waals surface area contributed by atoms with Crippen LogP contribution in [-0.4, -0.2) is 38.5 Å². The van der Waals surface area contributed by atoms with Gasteiger partial charge in [-0.2, -0.15) is 0 Å². The van der Waals surface area contributed by atoms with E-state index in [0.29, 0.717) is 9.97 Å². The topological polar surface area (TPSA) is 29.5 Å². The SMILES string of the molecule is COC(C)C(I)C(=O)N1CC(C)C[C@H]1I. The van der Waals surface area contributed by atoms with Crippen molar-refractivity contribution in [2.24, 2.45) is 5.92 Å². The molecule has 1 aliphatic rings. The zero-order chi connectivity index (χ0) is 11.6. The van der Waals surface area contributed by atoms with Crippen molar-refractivity contribution in [1.29, 1.82) is 0 Å². The third-order valence-corrected chi connectivity index (χ3v) is 5.47. The number of alkyl halides is 2. The molecule has 1 rings (SSSR count). The van der Waals surface area contributed by atoms with E-state index >= 15 is 0 Å². The van der Waals surface area contributed by atoms with E-state index < -0.39 is 0 Å². The van der Waals surface area contributed by atoms with Crippen LogP contribution >= 0.6 is 45.2 Å². The number of methoxy groups -OCH3 is 1. The van der Waals surface area contributed by atoms with Crippen LogP contribution in [0.25, 0.3) is 0 Å². The molecule has 0 aromatic carbocycles. The second-order valence-corrected chi connectivity index (χ2v) is 6.89. The molecule has 4 atom stereocenters. The monoisotopic (exact) mass is 437 g/mol. The number of carbonyl (C=O) groups excluding carboxylic acids is 1. The lowest BCUT2D eigenvalue weighted by molar-refractivity contribution is -0.131. The molecule has 1 saturated heterocycles. The first-order chi connectivity index (χ1) is 6.97. The second kappa shape index (κ2) is 6.00. The van der Waals surface area contributed by atoms with Gasteiger partial charge in [-0.25, -0.2) is 0 Å². The Balaban J connectivity index is 2.60. The van der Waals surface area contributed by atoms with Crippen LogP contribution in [-0.2, 0) is 9.53 Å². The van der Waals surface area contributed by atoms with Gasteiger partial charge < -0.3 is 9.64 Å². The molecule has 1 amide bonds. The summed E-state index contributed by atoms with van der Waals surface area (Å²) in [5.74, 6) is 0.839. The molecule has 1 heterocycles. The molecule has 0 radical (unpaired) electrons. The van der Waals surface area contributed by atoms with Crippen LogP contribution in [0.2, 0.25) is 0 Å². The fourth-order valence-electron chi connectivity index (χ4n) is 1.69. The molecule has 0 N–H and O–H groups in total. The first-order valence-corrected chi connectivity index (χ1v) is 7.58. The van der Waals surface area contributed by atoms with E-state index in [-0.39, 0.29) is 15.9 Å². The lowest BCUT2D eigenvalue weighted by Gasteiger charge is -2.25. The Labute approximate surface area is 119 Å². The van der Waals surface area contributed by atoms with Gasteiger partial charge in [0.1, 0.15) is 3.92 Å². The van der Waals surface area contributed by atoms with Crippen molar-refractivity contribution in [1.82, 2.24) is 4.90 Å². The minimum Gasteiger partial charge on any atom is -0.380 e. The molecule has 1 aliphatic heterocycles. The van der Waals surface area contributed by atoms with Crippen molar-refractivity contribution in [3.05, 3.63) is 0 Å². The molecule has 0 aromatic heterocycles. The van der Waals surface area contributed by atoms with Crippen LogP contribution in [0.3, 0.4) is 0 Å². The number of carbonyl (C=O) groups is 1. The highest BCUT2D eigenvalue weighted by atomic mass is 127. The first-order valence-electron chi connectivity index (χ1n) is 5.08. The zero-order valence-electron chi connectivity index (χ0n) is 9.24. The molecule has 5 heteroatoms. The lowest BCUT2D eigenvalue weighted by atomic mass is 10.2. The van der Waals surface area contributed by atoms with Crippen LogP contribution in [0.4, 0.5) is 0 Å². The van der Waals surface area contributed by atoms with E-state index in [2.05, 4.69) is 52.1 Å². The number of amides is 1. The van der Waals surface area contributed by atoms with Crippen LogP contribution in [0.5, 0.6) is 0 Å². The van der Waals surface area contributed by atoms with Gasteiger partial charge in [-0.1, -0.05) is 52.1 Å². The molecule has 3 nitrogen and oxygen atoms in total. The number of hydrogen-bond acceptors (Lipinski definition) is 2. The molecular weight excluding hydrogens is 420 g/mol. The van der Waals surface area contributed by atoms with E-state index in [0.717, 1.165) is 13.0 Å². The average molecular weight is 437 g/mol. The van der Waals surface area contributed by atoms with Gasteiger partial charge in [0.15, 0.2) is 0 Å². The summed E-state index contributed by atoms with van der Waals surface area (Å²) in [5, 5.41) is 0. The molecule has 88 valence electrons. The number of likely N-dealkylation sites (tertiary alicyclic amines) is 1. The normalized spacial score (nSPS) is 30.3. The van der Waals surface area contributed by atoms with Crippen LogP contribution in [0.1, 0.15) is 20.3 Å². The number of halogens is 2. The number of rotatable bonds is 3. The van der Waals surface area contributed by atoms with E-state index in [9.17, 15) is 4.79 Å². The third-order valence-electron chi connectivity index (χ3n) is 2.75. The molecule has 1 fully saturated rings. The van der Waals surface area contributed by atoms with E-state index in [4.69, 9.17) is 4.74 Å². The van der Waals surface area contributed by atoms with E-state index in [1.165, 1.54) is 0 Å². The molecule has 3 unspecified atom stereocenters. The van der Waals surface area contributed by atoms with Gasteiger partial charge in [0.25, 0.3) is 0 Å². The van der Waals surface area contributed by atoms with Crippen molar-refractivity contribution in [2.75, 3.05) is 13.7 Å². The maximum atomic E-state index is 12.1. The Morgan fingerprint density at radius 3 is 2.60 bits per heavy atom. The maximum Gasteiger partial charge on any atom is 0.239 e. The van der Waals surface area contributed by atoms with Crippen molar-refractivity contribution in [2.45, 2.75) is 34.3 Å². The summed E-state index contributed by atoms with van der Waals surface area (Å²) in [6.07, 6.45) is 1.09. The predicted molar refractivity (Wildman–Crippen MR) is 77.6 cm³/mol. The van der Waals surface area contributed by atoms with Crippen molar-refractivity contribution in [3.8, 4) is 0 Å². The minimum absolute atomic E-state index is 0.0161. The third kappa shape index (κ3) is 3.42. The Bertz CT molecular complexity index is 237. The standard InChI is InChI=1S/C10H17I2NO2/c1-6-4-8(11)13(5-6)10(14)9(12)7(2)15-3/h6-9H,4-5H2,1-3H3/t6?,7?,8-,9?/m0/s1. The van der Waals surface area contributed by atoms with Crippen molar-refractivity contribution < 1.29 is 9.53 Å². The highest BCUT2D eigenvalue weighted by Gasteiger charge is 2.35. The highest BCUT2D eigenvalue weighted by Crippen LogP contribution is 2.29. The zero-order valence-corrected chi connectivity index (χ0v) is 13.6. The van der Waals surface area contributed by atoms with Crippen molar-refractivity contribution >= 4 is 51.1 Å². The summed E-state index contributed by atoms with van der Waals surface area (Å²) in [6.45, 7) is 5.03. The molecular formula is C10H17I2NO2. The molecule has 0 saturated carbocycles. The van der Waals surface area contributed by atoms with Gasteiger partial charge in [-0.05, 0) is 19.3 Å². The average Bonchev–Trinajstić information content (AvgIpc) is 2.54. The Kier molecular flexibility index (Phi) is 5.58. The fraction of sp³-hybridized carbons (Fsp3) is 0.900.